The molecule has 16 heteroatoms. The second-order valence-electron chi connectivity index (χ2n) is 11.4. The summed E-state index contributed by atoms with van der Waals surface area (Å²) in [7, 11) is 0. The molecule has 0 radical (unpaired) electrons. The van der Waals surface area contributed by atoms with Gasteiger partial charge in [-0.25, -0.2) is 0 Å². The molecule has 0 aliphatic rings. The fourth-order valence-electron chi connectivity index (χ4n) is 4.73. The highest BCUT2D eigenvalue weighted by Crippen LogP contribution is 2.19. The van der Waals surface area contributed by atoms with Crippen LogP contribution in [0.4, 0.5) is 0 Å². The molecule has 2 aromatic rings. The molecule has 0 bridgehead atoms. The second-order valence-corrected chi connectivity index (χ2v) is 11.4. The maximum Gasteiger partial charge on any atom is 0.307 e. The smallest absolute Gasteiger partial charge is 0.307 e. The largest absolute Gasteiger partial charge is 0.508 e. The number of hydrogen-bond acceptors (Lipinski definition) is 11. The lowest BCUT2D eigenvalue weighted by Gasteiger charge is -2.24. The fourth-order valence-corrected chi connectivity index (χ4v) is 4.73. The monoisotopic (exact) mass is 672 g/mol. The third-order valence-corrected chi connectivity index (χ3v) is 7.53. The first kappa shape index (κ1) is 39.1. The van der Waals surface area contributed by atoms with Crippen LogP contribution < -0.4 is 27.8 Å². The number of nitrogens with one attached hydrogen (secondary N) is 2. The molecule has 48 heavy (non-hydrogen) atoms. The number of aliphatic hydroxyl groups excluding tert-OH is 2. The van der Waals surface area contributed by atoms with Crippen LogP contribution in [0, 0.1) is 11.8 Å². The number of Topliss-reactive ketones (excluding diaryl/α,β-unsaturated/α-hetero) is 2. The number of aliphatic imine (C=N–C) groups is 1. The number of carboxylic acids is 1. The number of phenols is 2. The van der Waals surface area contributed by atoms with Crippen LogP contribution in [0.3, 0.4) is 0 Å². The minimum atomic E-state index is -1.44. The molecular formula is C32H44N6O10. The average Bonchev–Trinajstić information content (AvgIpc) is 3.05. The number of aromatic hydroxyl groups is 2. The zero-order chi connectivity index (χ0) is 35.8. The van der Waals surface area contributed by atoms with Gasteiger partial charge in [-0.3, -0.25) is 29.0 Å². The van der Waals surface area contributed by atoms with E-state index in [1.165, 1.54) is 48.5 Å². The summed E-state index contributed by atoms with van der Waals surface area (Å²) in [5.74, 6) is -7.05. The number of nitrogens with zero attached hydrogens (tertiary/aromatic N) is 1. The summed E-state index contributed by atoms with van der Waals surface area (Å²) in [5.41, 5.74) is 17.4. The molecule has 0 saturated carbocycles. The minimum Gasteiger partial charge on any atom is -0.508 e. The number of amides is 2. The molecule has 0 aliphatic carbocycles. The summed E-state index contributed by atoms with van der Waals surface area (Å²) < 4.78 is 0. The topological polar surface area (TPSA) is 301 Å². The summed E-state index contributed by atoms with van der Waals surface area (Å²) in [6.07, 6.45) is -0.697. The molecule has 2 rings (SSSR count). The number of phenolic OH excluding ortho intramolecular Hbond substituents is 2. The number of rotatable bonds is 21. The molecule has 2 amide bonds. The van der Waals surface area contributed by atoms with Gasteiger partial charge >= 0.3 is 5.97 Å². The quantitative estimate of drug-likeness (QED) is 0.0409. The van der Waals surface area contributed by atoms with Gasteiger partial charge in [0.25, 0.3) is 0 Å². The molecule has 5 atom stereocenters. The molecule has 0 unspecified atom stereocenters. The number of benzene rings is 2. The standard InChI is InChI=1S/C32H44N6O10/c33-24(2-1-11-36-32(34)35)30(46)38-26(17-40)28(44)15-21(16-39)29(45)37-25(13-19-5-9-23(42)10-6-19)27(43)14-20(31(47)48)12-18-3-7-22(41)8-4-18/h3-10,20-21,24-26,39-42H,1-2,11-17,33H2,(H,37,45)(H,38,46)(H,47,48)(H4,34,35,36)/t20-,21+,24+,25+,26+/m0/s1. The van der Waals surface area contributed by atoms with E-state index in [1.54, 1.807) is 0 Å². The van der Waals surface area contributed by atoms with E-state index in [4.69, 9.17) is 17.2 Å². The van der Waals surface area contributed by atoms with E-state index in [9.17, 15) is 49.5 Å². The first-order valence-corrected chi connectivity index (χ1v) is 15.2. The van der Waals surface area contributed by atoms with Gasteiger partial charge in [0.05, 0.1) is 37.1 Å². The van der Waals surface area contributed by atoms with E-state index in [-0.39, 0.29) is 43.3 Å². The van der Waals surface area contributed by atoms with Crippen molar-refractivity contribution in [2.45, 2.75) is 56.7 Å². The summed E-state index contributed by atoms with van der Waals surface area (Å²) in [5, 5.41) is 53.6. The van der Waals surface area contributed by atoms with Crippen LogP contribution in [0.15, 0.2) is 53.5 Å². The summed E-state index contributed by atoms with van der Waals surface area (Å²) >= 11 is 0. The van der Waals surface area contributed by atoms with E-state index in [1.807, 2.05) is 0 Å². The molecule has 16 nitrogen and oxygen atoms in total. The highest BCUT2D eigenvalue weighted by atomic mass is 16.4. The number of carboxylic acid groups (broad SMARTS) is 1. The Morgan fingerprint density at radius 2 is 1.21 bits per heavy atom. The van der Waals surface area contributed by atoms with Gasteiger partial charge in [-0.15, -0.1) is 0 Å². The molecule has 0 aromatic heterocycles. The van der Waals surface area contributed by atoms with E-state index < -0.39 is 85.4 Å². The summed E-state index contributed by atoms with van der Waals surface area (Å²) in [6.45, 7) is -1.41. The number of hydrogen-bond donors (Lipinski definition) is 10. The Bertz CT molecular complexity index is 1410. The van der Waals surface area contributed by atoms with Crippen LogP contribution in [0.1, 0.15) is 36.8 Å². The molecule has 0 heterocycles. The van der Waals surface area contributed by atoms with Gasteiger partial charge in [0.1, 0.15) is 17.5 Å². The van der Waals surface area contributed by atoms with Gasteiger partial charge in [-0.05, 0) is 61.1 Å². The van der Waals surface area contributed by atoms with Crippen LogP contribution >= 0.6 is 0 Å². The highest BCUT2D eigenvalue weighted by Gasteiger charge is 2.32. The van der Waals surface area contributed by atoms with Crippen LogP contribution in [0.5, 0.6) is 11.5 Å². The molecule has 13 N–H and O–H groups in total. The SMILES string of the molecule is NC(N)=NCCC[C@@H](N)C(=O)N[C@H](CO)C(=O)C[C@H](CO)C(=O)N[C@H](Cc1ccc(O)cc1)C(=O)C[C@H](Cc1ccc(O)cc1)C(=O)O. The summed E-state index contributed by atoms with van der Waals surface area (Å²) in [6, 6.07) is 7.84. The van der Waals surface area contributed by atoms with Gasteiger partial charge in [0, 0.05) is 19.4 Å². The predicted octanol–water partition coefficient (Wildman–Crippen LogP) is -1.55. The predicted molar refractivity (Wildman–Crippen MR) is 173 cm³/mol. The first-order valence-electron chi connectivity index (χ1n) is 15.2. The maximum atomic E-state index is 13.5. The Hall–Kier alpha value is -5.06. The average molecular weight is 673 g/mol. The first-order chi connectivity index (χ1) is 22.7. The molecule has 0 aliphatic heterocycles. The molecule has 262 valence electrons. The van der Waals surface area contributed by atoms with Crippen molar-refractivity contribution in [3.63, 3.8) is 0 Å². The second kappa shape index (κ2) is 19.6. The van der Waals surface area contributed by atoms with Crippen LogP contribution in [0.25, 0.3) is 0 Å². The normalized spacial score (nSPS) is 14.1. The number of guanidine groups is 1. The molecule has 0 spiro atoms. The van der Waals surface area contributed by atoms with Crippen LogP contribution in [0.2, 0.25) is 0 Å². The van der Waals surface area contributed by atoms with E-state index in [2.05, 4.69) is 15.6 Å². The summed E-state index contributed by atoms with van der Waals surface area (Å²) in [4.78, 5) is 68.1. The van der Waals surface area contributed by atoms with Crippen molar-refractivity contribution in [3.8, 4) is 11.5 Å². The minimum absolute atomic E-state index is 0.0115. The van der Waals surface area contributed by atoms with Gasteiger partial charge in [-0.2, -0.15) is 0 Å². The van der Waals surface area contributed by atoms with Crippen molar-refractivity contribution in [1.82, 2.24) is 10.6 Å². The lowest BCUT2D eigenvalue weighted by Crippen LogP contribution is -2.51. The third kappa shape index (κ3) is 13.4. The van der Waals surface area contributed by atoms with E-state index in [0.717, 1.165) is 0 Å². The van der Waals surface area contributed by atoms with Crippen molar-refractivity contribution in [1.29, 1.82) is 0 Å². The number of ketones is 2. The highest BCUT2D eigenvalue weighted by molar-refractivity contribution is 5.95. The van der Waals surface area contributed by atoms with Crippen LogP contribution in [-0.2, 0) is 36.8 Å². The Kier molecular flexibility index (Phi) is 15.9. The molecule has 0 saturated heterocycles. The van der Waals surface area contributed by atoms with Crippen molar-refractivity contribution >= 4 is 35.3 Å². The lowest BCUT2D eigenvalue weighted by molar-refractivity contribution is -0.144. The molecule has 0 fully saturated rings. The lowest BCUT2D eigenvalue weighted by atomic mass is 9.90. The Balaban J connectivity index is 2.14. The molecular weight excluding hydrogens is 628 g/mol. The van der Waals surface area contributed by atoms with Gasteiger partial charge in [-0.1, -0.05) is 24.3 Å². The maximum absolute atomic E-state index is 13.5. The van der Waals surface area contributed by atoms with Gasteiger partial charge in [0.15, 0.2) is 17.5 Å². The zero-order valence-corrected chi connectivity index (χ0v) is 26.3. The third-order valence-electron chi connectivity index (χ3n) is 7.53. The Labute approximate surface area is 277 Å². The van der Waals surface area contributed by atoms with Crippen molar-refractivity contribution in [3.05, 3.63) is 59.7 Å². The number of aliphatic carboxylic acids is 1. The van der Waals surface area contributed by atoms with E-state index >= 15 is 0 Å². The zero-order valence-electron chi connectivity index (χ0n) is 26.3. The number of carbonyl (C=O) groups is 5. The fraction of sp³-hybridized carbons (Fsp3) is 0.438. The van der Waals surface area contributed by atoms with Gasteiger partial charge < -0.3 is 53.4 Å². The van der Waals surface area contributed by atoms with Crippen molar-refractivity contribution in [2.75, 3.05) is 19.8 Å². The number of carbonyl (C=O) groups excluding carboxylic acids is 4. The van der Waals surface area contributed by atoms with Crippen LogP contribution in [-0.4, -0.2) is 98.7 Å². The van der Waals surface area contributed by atoms with Gasteiger partial charge in [0.2, 0.25) is 11.8 Å². The number of nitrogens with two attached hydrogens (primary N) is 3. The Morgan fingerprint density at radius 1 is 0.708 bits per heavy atom. The van der Waals surface area contributed by atoms with E-state index in [0.29, 0.717) is 17.5 Å². The Morgan fingerprint density at radius 3 is 1.71 bits per heavy atom. The molecule has 2 aromatic carbocycles. The van der Waals surface area contributed by atoms with Crippen molar-refractivity contribution in [2.24, 2.45) is 34.0 Å². The van der Waals surface area contributed by atoms with Crippen molar-refractivity contribution < 1.29 is 49.5 Å². The number of aliphatic hydroxyl groups is 2.